The number of ether oxygens (including phenoxy) is 1. The molecule has 0 bridgehead atoms. The van der Waals surface area contributed by atoms with Crippen LogP contribution in [0.1, 0.15) is 21.6 Å². The van der Waals surface area contributed by atoms with Crippen LogP contribution in [0.2, 0.25) is 0 Å². The Morgan fingerprint density at radius 1 is 1.21 bits per heavy atom. The molecule has 28 heavy (non-hydrogen) atoms. The number of anilines is 1. The zero-order valence-corrected chi connectivity index (χ0v) is 17.3. The molecule has 0 radical (unpaired) electrons. The highest BCUT2D eigenvalue weighted by Gasteiger charge is 2.12. The first-order chi connectivity index (χ1) is 13.5. The van der Waals surface area contributed by atoms with Gasteiger partial charge in [0, 0.05) is 29.6 Å². The molecule has 0 aliphatic rings. The van der Waals surface area contributed by atoms with Crippen LogP contribution in [0.15, 0.2) is 54.7 Å². The van der Waals surface area contributed by atoms with Crippen molar-refractivity contribution in [3.05, 3.63) is 76.3 Å². The summed E-state index contributed by atoms with van der Waals surface area (Å²) in [7, 11) is 3.57. The molecular formula is C22H25N3O2S. The van der Waals surface area contributed by atoms with E-state index in [1.54, 1.807) is 7.11 Å². The Bertz CT molecular complexity index is 939. The Morgan fingerprint density at radius 3 is 2.82 bits per heavy atom. The predicted molar refractivity (Wildman–Crippen MR) is 114 cm³/mol. The third kappa shape index (κ3) is 5.65. The summed E-state index contributed by atoms with van der Waals surface area (Å²) in [5.74, 6) is 0.754. The summed E-state index contributed by atoms with van der Waals surface area (Å²) < 4.78 is 5.37. The minimum atomic E-state index is -0.0751. The van der Waals surface area contributed by atoms with Crippen molar-refractivity contribution in [1.82, 2.24) is 9.88 Å². The van der Waals surface area contributed by atoms with Gasteiger partial charge in [0.1, 0.15) is 5.75 Å². The molecule has 2 aromatic carbocycles. The second kappa shape index (κ2) is 9.48. The molecule has 5 nitrogen and oxygen atoms in total. The maximum absolute atomic E-state index is 12.4. The fourth-order valence-electron chi connectivity index (χ4n) is 3.05. The molecule has 0 atom stereocenters. The SMILES string of the molecule is COc1ccccc1CN(C)CC(=O)Nc1ncc(Cc2cccc(C)c2)s1. The lowest BCUT2D eigenvalue weighted by molar-refractivity contribution is -0.117. The summed E-state index contributed by atoms with van der Waals surface area (Å²) in [4.78, 5) is 19.8. The van der Waals surface area contributed by atoms with Gasteiger partial charge in [-0.25, -0.2) is 4.98 Å². The molecule has 1 aromatic heterocycles. The molecule has 6 heteroatoms. The number of nitrogens with zero attached hydrogens (tertiary/aromatic N) is 2. The van der Waals surface area contributed by atoms with Crippen molar-refractivity contribution >= 4 is 22.4 Å². The number of para-hydroxylation sites is 1. The minimum absolute atomic E-state index is 0.0751. The molecule has 0 fully saturated rings. The molecule has 0 unspecified atom stereocenters. The molecular weight excluding hydrogens is 370 g/mol. The molecule has 1 heterocycles. The Balaban J connectivity index is 1.53. The van der Waals surface area contributed by atoms with E-state index in [-0.39, 0.29) is 12.5 Å². The maximum Gasteiger partial charge on any atom is 0.240 e. The molecule has 1 amide bonds. The number of hydrogen-bond acceptors (Lipinski definition) is 5. The van der Waals surface area contributed by atoms with E-state index in [1.807, 2.05) is 42.4 Å². The average Bonchev–Trinajstić information content (AvgIpc) is 3.08. The third-order valence-electron chi connectivity index (χ3n) is 4.31. The number of amides is 1. The number of rotatable bonds is 8. The van der Waals surface area contributed by atoms with Crippen LogP contribution in [-0.2, 0) is 17.8 Å². The largest absolute Gasteiger partial charge is 0.496 e. The van der Waals surface area contributed by atoms with Crippen LogP contribution in [0, 0.1) is 6.92 Å². The van der Waals surface area contributed by atoms with E-state index in [2.05, 4.69) is 41.5 Å². The summed E-state index contributed by atoms with van der Waals surface area (Å²) >= 11 is 1.52. The van der Waals surface area contributed by atoms with Gasteiger partial charge in [-0.1, -0.05) is 48.0 Å². The van der Waals surface area contributed by atoms with E-state index >= 15 is 0 Å². The van der Waals surface area contributed by atoms with Gasteiger partial charge >= 0.3 is 0 Å². The van der Waals surface area contributed by atoms with Crippen LogP contribution in [0.4, 0.5) is 5.13 Å². The zero-order valence-electron chi connectivity index (χ0n) is 16.4. The normalized spacial score (nSPS) is 10.9. The molecule has 3 aromatic rings. The smallest absolute Gasteiger partial charge is 0.240 e. The van der Waals surface area contributed by atoms with Gasteiger partial charge in [0.25, 0.3) is 0 Å². The third-order valence-corrected chi connectivity index (χ3v) is 5.22. The number of carbonyl (C=O) groups is 1. The van der Waals surface area contributed by atoms with Gasteiger partial charge in [0.05, 0.1) is 13.7 Å². The fourth-order valence-corrected chi connectivity index (χ4v) is 3.92. The van der Waals surface area contributed by atoms with Crippen LogP contribution in [0.25, 0.3) is 0 Å². The van der Waals surface area contributed by atoms with Gasteiger partial charge in [-0.15, -0.1) is 11.3 Å². The topological polar surface area (TPSA) is 54.5 Å². The van der Waals surface area contributed by atoms with E-state index in [4.69, 9.17) is 4.74 Å². The minimum Gasteiger partial charge on any atom is -0.496 e. The number of carbonyl (C=O) groups excluding carboxylic acids is 1. The van der Waals surface area contributed by atoms with Crippen LogP contribution in [0.3, 0.4) is 0 Å². The monoisotopic (exact) mass is 395 g/mol. The summed E-state index contributed by atoms with van der Waals surface area (Å²) in [5.41, 5.74) is 3.54. The Labute approximate surface area is 170 Å². The summed E-state index contributed by atoms with van der Waals surface area (Å²) in [6, 6.07) is 16.3. The number of hydrogen-bond donors (Lipinski definition) is 1. The highest BCUT2D eigenvalue weighted by Crippen LogP contribution is 2.22. The molecule has 0 aliphatic heterocycles. The van der Waals surface area contributed by atoms with E-state index in [1.165, 1.54) is 22.5 Å². The lowest BCUT2D eigenvalue weighted by Crippen LogP contribution is -2.29. The number of benzene rings is 2. The first-order valence-corrected chi connectivity index (χ1v) is 9.95. The van der Waals surface area contributed by atoms with E-state index < -0.39 is 0 Å². The summed E-state index contributed by atoms with van der Waals surface area (Å²) in [5, 5.41) is 3.54. The zero-order chi connectivity index (χ0) is 19.9. The molecule has 1 N–H and O–H groups in total. The van der Waals surface area contributed by atoms with Crippen molar-refractivity contribution in [3.8, 4) is 5.75 Å². The van der Waals surface area contributed by atoms with Crippen LogP contribution < -0.4 is 10.1 Å². The van der Waals surface area contributed by atoms with Gasteiger partial charge in [-0.05, 0) is 25.6 Å². The lowest BCUT2D eigenvalue weighted by Gasteiger charge is -2.17. The van der Waals surface area contributed by atoms with Gasteiger partial charge in [-0.2, -0.15) is 0 Å². The second-order valence-corrected chi connectivity index (χ2v) is 7.95. The van der Waals surface area contributed by atoms with E-state index in [9.17, 15) is 4.79 Å². The van der Waals surface area contributed by atoms with E-state index in [0.717, 1.165) is 22.6 Å². The first kappa shape index (κ1) is 20.0. The Morgan fingerprint density at radius 2 is 2.04 bits per heavy atom. The van der Waals surface area contributed by atoms with E-state index in [0.29, 0.717) is 11.7 Å². The number of aryl methyl sites for hydroxylation is 1. The molecule has 0 aliphatic carbocycles. The number of nitrogens with one attached hydrogen (secondary N) is 1. The number of likely N-dealkylation sites (N-methyl/N-ethyl adjacent to an activating group) is 1. The number of aromatic nitrogens is 1. The van der Waals surface area contributed by atoms with Gasteiger partial charge in [0.15, 0.2) is 5.13 Å². The highest BCUT2D eigenvalue weighted by atomic mass is 32.1. The lowest BCUT2D eigenvalue weighted by atomic mass is 10.1. The molecule has 3 rings (SSSR count). The van der Waals surface area contributed by atoms with Crippen molar-refractivity contribution < 1.29 is 9.53 Å². The van der Waals surface area contributed by atoms with Crippen molar-refractivity contribution in [2.75, 3.05) is 26.0 Å². The summed E-state index contributed by atoms with van der Waals surface area (Å²) in [6.45, 7) is 3.00. The first-order valence-electron chi connectivity index (χ1n) is 9.14. The van der Waals surface area contributed by atoms with Crippen LogP contribution in [0.5, 0.6) is 5.75 Å². The van der Waals surface area contributed by atoms with Gasteiger partial charge in [-0.3, -0.25) is 9.69 Å². The standard InChI is InChI=1S/C22H25N3O2S/c1-16-7-6-8-17(11-16)12-19-13-23-22(28-19)24-21(26)15-25(2)14-18-9-4-5-10-20(18)27-3/h4-11,13H,12,14-15H2,1-3H3,(H,23,24,26). The van der Waals surface area contributed by atoms with Gasteiger partial charge < -0.3 is 10.1 Å². The van der Waals surface area contributed by atoms with Crippen molar-refractivity contribution in [1.29, 1.82) is 0 Å². The number of methoxy groups -OCH3 is 1. The van der Waals surface area contributed by atoms with Crippen LogP contribution >= 0.6 is 11.3 Å². The van der Waals surface area contributed by atoms with Crippen molar-refractivity contribution in [2.24, 2.45) is 0 Å². The fraction of sp³-hybridized carbons (Fsp3) is 0.273. The quantitative estimate of drug-likeness (QED) is 0.623. The predicted octanol–water partition coefficient (Wildman–Crippen LogP) is 4.12. The van der Waals surface area contributed by atoms with Gasteiger partial charge in [0.2, 0.25) is 5.91 Å². The van der Waals surface area contributed by atoms with Crippen LogP contribution in [-0.4, -0.2) is 36.5 Å². The number of thiazole rings is 1. The molecule has 0 spiro atoms. The highest BCUT2D eigenvalue weighted by molar-refractivity contribution is 7.15. The van der Waals surface area contributed by atoms with Crippen molar-refractivity contribution in [2.45, 2.75) is 19.9 Å². The average molecular weight is 396 g/mol. The maximum atomic E-state index is 12.4. The Hall–Kier alpha value is -2.70. The van der Waals surface area contributed by atoms with Crippen molar-refractivity contribution in [3.63, 3.8) is 0 Å². The Kier molecular flexibility index (Phi) is 6.79. The molecule has 0 saturated carbocycles. The molecule has 146 valence electrons. The second-order valence-electron chi connectivity index (χ2n) is 6.83. The molecule has 0 saturated heterocycles. The summed E-state index contributed by atoms with van der Waals surface area (Å²) in [6.07, 6.45) is 2.66.